The van der Waals surface area contributed by atoms with Crippen LogP contribution in [0.1, 0.15) is 30.5 Å². The minimum atomic E-state index is 0. The number of rotatable bonds is 3. The van der Waals surface area contributed by atoms with Crippen molar-refractivity contribution in [1.82, 2.24) is 0 Å². The van der Waals surface area contributed by atoms with Crippen molar-refractivity contribution in [3.05, 3.63) is 45.6 Å². The maximum atomic E-state index is 3.81. The molecule has 1 rings (SSSR count). The van der Waals surface area contributed by atoms with Crippen LogP contribution in [0.4, 0.5) is 0 Å². The zero-order valence-electron chi connectivity index (χ0n) is 10.9. The maximum absolute atomic E-state index is 3.81. The molecule has 1 aromatic carbocycles. The zero-order valence-corrected chi connectivity index (χ0v) is 17.7. The molecule has 0 saturated carbocycles. The second-order valence-electron chi connectivity index (χ2n) is 2.83. The number of aryl methyl sites for hydroxylation is 1. The molecule has 0 spiro atoms. The molecule has 0 nitrogen and oxygen atoms in total. The summed E-state index contributed by atoms with van der Waals surface area (Å²) in [6.45, 7) is 13.8. The summed E-state index contributed by atoms with van der Waals surface area (Å²) in [6, 6.07) is 4.44. The number of halogens is 3. The summed E-state index contributed by atoms with van der Waals surface area (Å²) >= 11 is 0.165. The minimum Gasteiger partial charge on any atom is -0.107 e. The smallest absolute Gasteiger partial charge is 0.0683 e. The van der Waals surface area contributed by atoms with Crippen molar-refractivity contribution in [2.45, 2.75) is 20.8 Å². The normalized spacial score (nSPS) is 8.00. The Kier molecular flexibility index (Phi) is 18.0. The van der Waals surface area contributed by atoms with E-state index in [4.69, 9.17) is 0 Å². The summed E-state index contributed by atoms with van der Waals surface area (Å²) in [5.41, 5.74) is 3.78. The molecule has 0 aliphatic carbocycles. The first-order valence-corrected chi connectivity index (χ1v) is 8.35. The van der Waals surface area contributed by atoms with E-state index >= 15 is 0 Å². The van der Waals surface area contributed by atoms with Gasteiger partial charge >= 0.3 is 90.8 Å². The average Bonchev–Trinajstić information content (AvgIpc) is 2.31. The van der Waals surface area contributed by atoms with Gasteiger partial charge in [-0.3, -0.25) is 0 Å². The van der Waals surface area contributed by atoms with Gasteiger partial charge in [-0.15, -0.1) is 48.0 Å². The molecule has 0 N–H and O–H groups in total. The molecule has 0 unspecified atom stereocenters. The predicted molar refractivity (Wildman–Crippen MR) is 98.2 cm³/mol. The van der Waals surface area contributed by atoms with E-state index < -0.39 is 0 Å². The Balaban J connectivity index is -0.000000464. The maximum Gasteiger partial charge on any atom is -0.0683 e. The molecule has 1 aromatic rings. The molecule has 0 heterocycles. The van der Waals surface area contributed by atoms with Crippen molar-refractivity contribution in [1.29, 1.82) is 0 Å². The average molecular weight is 571 g/mol. The van der Waals surface area contributed by atoms with Crippen molar-refractivity contribution in [3.8, 4) is 0 Å². The van der Waals surface area contributed by atoms with Crippen molar-refractivity contribution in [2.24, 2.45) is 0 Å². The molecule has 3 heteroatoms. The zero-order chi connectivity index (χ0) is 11.8. The Morgan fingerprint density at radius 3 is 1.76 bits per heavy atom. The van der Waals surface area contributed by atoms with Crippen LogP contribution in [0, 0.1) is 10.5 Å². The molecule has 0 radical (unpaired) electrons. The molecule has 0 aliphatic rings. The monoisotopic (exact) mass is 571 g/mol. The third-order valence-electron chi connectivity index (χ3n) is 2.01. The van der Waals surface area contributed by atoms with Gasteiger partial charge < -0.3 is 0 Å². The van der Waals surface area contributed by atoms with Gasteiger partial charge in [0.1, 0.15) is 0 Å². The number of hydrogen-bond acceptors (Lipinski definition) is 0. The molecule has 0 bridgehead atoms. The Labute approximate surface area is 151 Å². The summed E-state index contributed by atoms with van der Waals surface area (Å²) in [5, 5.41) is 0. The Morgan fingerprint density at radius 1 is 1.00 bits per heavy atom. The van der Waals surface area contributed by atoms with Gasteiger partial charge in [-0.05, 0) is 0 Å². The first-order valence-electron chi connectivity index (χ1n) is 5.12. The molecular formula is C14H22I3-. The standard InChI is InChI=1S/C12H14I.C2H6.2HI/c1-5-10-7-9(3)12(13-4)8-11(10)6-2;1-2;;/h5-8H,1-2H2,3-4H3;1-2H3;2*1H/q-1;;;. The summed E-state index contributed by atoms with van der Waals surface area (Å²) < 4.78 is 1.50. The van der Waals surface area contributed by atoms with Crippen LogP contribution in [0.25, 0.3) is 12.2 Å². The molecule has 100 valence electrons. The molecule has 17 heavy (non-hydrogen) atoms. The first-order chi connectivity index (χ1) is 7.22. The van der Waals surface area contributed by atoms with Crippen LogP contribution in [-0.2, 0) is 0 Å². The van der Waals surface area contributed by atoms with Crippen LogP contribution in [0.2, 0.25) is 0 Å². The molecule has 0 aromatic heterocycles. The fraction of sp³-hybridized carbons (Fsp3) is 0.286. The summed E-state index contributed by atoms with van der Waals surface area (Å²) in [5.74, 6) is 0. The second kappa shape index (κ2) is 13.3. The SMILES string of the molecule is C=Cc1cc(C)c([I-]C)cc1C=C.CC.I.I. The predicted octanol–water partition coefficient (Wildman–Crippen LogP) is 2.43. The third-order valence-corrected chi connectivity index (χ3v) is 4.33. The summed E-state index contributed by atoms with van der Waals surface area (Å²) in [7, 11) is 0. The summed E-state index contributed by atoms with van der Waals surface area (Å²) in [4.78, 5) is 2.28. The third kappa shape index (κ3) is 7.15. The van der Waals surface area contributed by atoms with Crippen molar-refractivity contribution in [3.63, 3.8) is 0 Å². The van der Waals surface area contributed by atoms with Gasteiger partial charge in [0, 0.05) is 0 Å². The molecule has 0 atom stereocenters. The van der Waals surface area contributed by atoms with Gasteiger partial charge in [0.15, 0.2) is 0 Å². The number of hydrogen-bond donors (Lipinski definition) is 0. The topological polar surface area (TPSA) is 0 Å². The van der Waals surface area contributed by atoms with Gasteiger partial charge in [-0.25, -0.2) is 0 Å². The molecule has 0 amide bonds. The first kappa shape index (κ1) is 23.0. The van der Waals surface area contributed by atoms with Gasteiger partial charge in [-0.2, -0.15) is 0 Å². The molecule has 0 aliphatic heterocycles. The molecule has 0 fully saturated rings. The fourth-order valence-electron chi connectivity index (χ4n) is 1.28. The quantitative estimate of drug-likeness (QED) is 0.387. The van der Waals surface area contributed by atoms with Gasteiger partial charge in [0.2, 0.25) is 0 Å². The Hall–Kier alpha value is 0.890. The number of benzene rings is 1. The van der Waals surface area contributed by atoms with Gasteiger partial charge in [-0.1, -0.05) is 13.8 Å². The molecule has 0 saturated heterocycles. The van der Waals surface area contributed by atoms with E-state index in [1.54, 1.807) is 0 Å². The fourth-order valence-corrected chi connectivity index (χ4v) is 2.93. The van der Waals surface area contributed by atoms with Crippen LogP contribution in [0.15, 0.2) is 25.3 Å². The van der Waals surface area contributed by atoms with E-state index in [1.807, 2.05) is 26.0 Å². The van der Waals surface area contributed by atoms with Crippen LogP contribution in [0.3, 0.4) is 0 Å². The largest absolute Gasteiger partial charge is 0.107 e. The van der Waals surface area contributed by atoms with E-state index in [1.165, 1.54) is 20.3 Å². The minimum absolute atomic E-state index is 0. The second-order valence-corrected chi connectivity index (χ2v) is 5.07. The van der Waals surface area contributed by atoms with E-state index in [2.05, 4.69) is 37.1 Å². The van der Waals surface area contributed by atoms with E-state index in [0.717, 1.165) is 0 Å². The van der Waals surface area contributed by atoms with E-state index in [-0.39, 0.29) is 69.2 Å². The summed E-state index contributed by atoms with van der Waals surface area (Å²) in [6.07, 6.45) is 3.79. The van der Waals surface area contributed by atoms with Crippen LogP contribution in [-0.4, -0.2) is 4.93 Å². The van der Waals surface area contributed by atoms with Crippen molar-refractivity contribution < 1.29 is 21.2 Å². The van der Waals surface area contributed by atoms with E-state index in [9.17, 15) is 0 Å². The molecular weight excluding hydrogens is 549 g/mol. The number of alkyl halides is 1. The van der Waals surface area contributed by atoms with Crippen molar-refractivity contribution >= 4 is 60.1 Å². The van der Waals surface area contributed by atoms with Crippen LogP contribution < -0.4 is 21.2 Å². The van der Waals surface area contributed by atoms with Crippen LogP contribution in [0.5, 0.6) is 0 Å². The van der Waals surface area contributed by atoms with Gasteiger partial charge in [0.05, 0.1) is 0 Å². The van der Waals surface area contributed by atoms with Crippen LogP contribution >= 0.6 is 48.0 Å². The van der Waals surface area contributed by atoms with E-state index in [0.29, 0.717) is 0 Å². The van der Waals surface area contributed by atoms with Gasteiger partial charge in [0.25, 0.3) is 0 Å². The van der Waals surface area contributed by atoms with Crippen molar-refractivity contribution in [2.75, 3.05) is 4.93 Å². The Morgan fingerprint density at radius 2 is 1.41 bits per heavy atom. The Bertz CT molecular complexity index is 344.